The third-order valence-corrected chi connectivity index (χ3v) is 3.50. The Morgan fingerprint density at radius 3 is 2.36 bits per heavy atom. The smallest absolute Gasteiger partial charge is 0.251 e. The molecule has 0 aliphatic carbocycles. The van der Waals surface area contributed by atoms with E-state index in [1.807, 2.05) is 0 Å². The first kappa shape index (κ1) is 18.2. The summed E-state index contributed by atoms with van der Waals surface area (Å²) in [5.74, 6) is -0.0273. The van der Waals surface area contributed by atoms with E-state index in [9.17, 15) is 14.7 Å². The average Bonchev–Trinajstić information content (AvgIpc) is 2.50. The summed E-state index contributed by atoms with van der Waals surface area (Å²) in [6.07, 6.45) is 1.53. The largest absolute Gasteiger partial charge is 0.388 e. The maximum atomic E-state index is 12.1. The van der Waals surface area contributed by atoms with Crippen molar-refractivity contribution in [2.24, 2.45) is 5.92 Å². The zero-order valence-electron chi connectivity index (χ0n) is 13.8. The molecule has 3 N–H and O–H groups in total. The van der Waals surface area contributed by atoms with Gasteiger partial charge in [0.15, 0.2) is 0 Å². The maximum absolute atomic E-state index is 12.1. The molecule has 5 nitrogen and oxygen atoms in total. The molecule has 0 saturated carbocycles. The highest BCUT2D eigenvalue weighted by Gasteiger charge is 2.21. The molecule has 0 radical (unpaired) electrons. The molecule has 0 aliphatic rings. The number of hydrogen-bond donors (Lipinski definition) is 3. The number of rotatable bonds is 7. The Hall–Kier alpha value is -1.88. The van der Waals surface area contributed by atoms with Crippen LogP contribution in [0.15, 0.2) is 24.3 Å². The lowest BCUT2D eigenvalue weighted by Crippen LogP contribution is -2.40. The molecule has 0 heterocycles. The summed E-state index contributed by atoms with van der Waals surface area (Å²) < 4.78 is 0. The summed E-state index contributed by atoms with van der Waals surface area (Å²) >= 11 is 0. The van der Waals surface area contributed by atoms with E-state index < -0.39 is 5.60 Å². The lowest BCUT2D eigenvalue weighted by molar-refractivity contribution is 0.0429. The number of benzene rings is 1. The van der Waals surface area contributed by atoms with Gasteiger partial charge >= 0.3 is 0 Å². The highest BCUT2D eigenvalue weighted by molar-refractivity contribution is 5.99. The van der Waals surface area contributed by atoms with Crippen molar-refractivity contribution in [3.05, 3.63) is 35.4 Å². The molecule has 0 bridgehead atoms. The van der Waals surface area contributed by atoms with Gasteiger partial charge in [-0.05, 0) is 43.9 Å². The third-order valence-electron chi connectivity index (χ3n) is 3.50. The van der Waals surface area contributed by atoms with Crippen LogP contribution in [0.25, 0.3) is 0 Å². The molecule has 22 heavy (non-hydrogen) atoms. The van der Waals surface area contributed by atoms with Gasteiger partial charge in [0.25, 0.3) is 11.8 Å². The first-order chi connectivity index (χ1) is 10.2. The van der Waals surface area contributed by atoms with Crippen LogP contribution in [-0.4, -0.2) is 36.1 Å². The van der Waals surface area contributed by atoms with Crippen molar-refractivity contribution in [1.29, 1.82) is 0 Å². The fourth-order valence-corrected chi connectivity index (χ4v) is 2.01. The van der Waals surface area contributed by atoms with E-state index in [0.29, 0.717) is 23.5 Å². The van der Waals surface area contributed by atoms with Crippen LogP contribution in [0.1, 0.15) is 54.3 Å². The number of hydrogen-bond acceptors (Lipinski definition) is 3. The first-order valence-electron chi connectivity index (χ1n) is 7.58. The number of amides is 2. The third kappa shape index (κ3) is 5.85. The average molecular weight is 306 g/mol. The molecule has 1 aromatic rings. The Morgan fingerprint density at radius 2 is 1.82 bits per heavy atom. The molecule has 0 saturated heterocycles. The zero-order chi connectivity index (χ0) is 16.8. The van der Waals surface area contributed by atoms with Crippen molar-refractivity contribution in [1.82, 2.24) is 10.6 Å². The van der Waals surface area contributed by atoms with Crippen molar-refractivity contribution in [2.45, 2.75) is 39.2 Å². The first-order valence-corrected chi connectivity index (χ1v) is 7.58. The summed E-state index contributed by atoms with van der Waals surface area (Å²) in [6.45, 7) is 6.09. The van der Waals surface area contributed by atoms with Gasteiger partial charge in [0.2, 0.25) is 0 Å². The summed E-state index contributed by atoms with van der Waals surface area (Å²) in [6, 6.07) is 6.49. The van der Waals surface area contributed by atoms with E-state index in [2.05, 4.69) is 24.5 Å². The summed E-state index contributed by atoms with van der Waals surface area (Å²) in [4.78, 5) is 23.7. The van der Waals surface area contributed by atoms with Crippen LogP contribution in [0, 0.1) is 5.92 Å². The predicted molar refractivity (Wildman–Crippen MR) is 86.9 cm³/mol. The van der Waals surface area contributed by atoms with Crippen molar-refractivity contribution in [3.8, 4) is 0 Å². The molecule has 0 spiro atoms. The second-order valence-electron chi connectivity index (χ2n) is 6.27. The monoisotopic (exact) mass is 306 g/mol. The Balaban J connectivity index is 2.64. The van der Waals surface area contributed by atoms with E-state index in [1.54, 1.807) is 32.2 Å². The van der Waals surface area contributed by atoms with Crippen LogP contribution in [-0.2, 0) is 0 Å². The lowest BCUT2D eigenvalue weighted by atomic mass is 9.95. The number of aliphatic hydroxyl groups is 1. The van der Waals surface area contributed by atoms with Crippen molar-refractivity contribution in [2.75, 3.05) is 13.6 Å². The van der Waals surface area contributed by atoms with Gasteiger partial charge in [-0.15, -0.1) is 0 Å². The molecule has 1 rings (SSSR count). The maximum Gasteiger partial charge on any atom is 0.251 e. The normalized spacial score (nSPS) is 13.5. The fraction of sp³-hybridized carbons (Fsp3) is 0.529. The standard InChI is InChI=1S/C17H26N2O3/c1-12(2)8-9-17(3,22)11-19-16(21)14-7-5-6-13(10-14)15(20)18-4/h5-7,10,12,22H,8-9,11H2,1-4H3,(H,18,20)(H,19,21). The quantitative estimate of drug-likeness (QED) is 0.720. The zero-order valence-corrected chi connectivity index (χ0v) is 13.8. The minimum Gasteiger partial charge on any atom is -0.388 e. The van der Waals surface area contributed by atoms with Crippen LogP contribution < -0.4 is 10.6 Å². The van der Waals surface area contributed by atoms with Gasteiger partial charge in [0.1, 0.15) is 0 Å². The second kappa shape index (κ2) is 7.94. The van der Waals surface area contributed by atoms with Gasteiger partial charge in [-0.1, -0.05) is 19.9 Å². The van der Waals surface area contributed by atoms with Gasteiger partial charge in [0, 0.05) is 24.7 Å². The van der Waals surface area contributed by atoms with E-state index in [4.69, 9.17) is 0 Å². The van der Waals surface area contributed by atoms with Crippen LogP contribution in [0.3, 0.4) is 0 Å². The lowest BCUT2D eigenvalue weighted by Gasteiger charge is -2.24. The molecule has 1 unspecified atom stereocenters. The molecule has 5 heteroatoms. The van der Waals surface area contributed by atoms with Crippen molar-refractivity contribution >= 4 is 11.8 Å². The van der Waals surface area contributed by atoms with E-state index in [1.165, 1.54) is 6.07 Å². The van der Waals surface area contributed by atoms with Crippen molar-refractivity contribution in [3.63, 3.8) is 0 Å². The highest BCUT2D eigenvalue weighted by Crippen LogP contribution is 2.15. The van der Waals surface area contributed by atoms with Crippen molar-refractivity contribution < 1.29 is 14.7 Å². The van der Waals surface area contributed by atoms with E-state index in [-0.39, 0.29) is 18.4 Å². The molecule has 0 aliphatic heterocycles. The predicted octanol–water partition coefficient (Wildman–Crippen LogP) is 1.96. The molecular weight excluding hydrogens is 280 g/mol. The fourth-order valence-electron chi connectivity index (χ4n) is 2.01. The minimum absolute atomic E-state index is 0.183. The molecule has 122 valence electrons. The molecule has 1 atom stereocenters. The molecule has 2 amide bonds. The van der Waals surface area contributed by atoms with Crippen LogP contribution in [0.4, 0.5) is 0 Å². The number of nitrogens with one attached hydrogen (secondary N) is 2. The second-order valence-corrected chi connectivity index (χ2v) is 6.27. The van der Waals surface area contributed by atoms with Crippen LogP contribution in [0.5, 0.6) is 0 Å². The Morgan fingerprint density at radius 1 is 1.23 bits per heavy atom. The molecule has 1 aromatic carbocycles. The molecular formula is C17H26N2O3. The summed E-state index contributed by atoms with van der Waals surface area (Å²) in [5.41, 5.74) is -0.0966. The molecule has 0 aromatic heterocycles. The molecule has 0 fully saturated rings. The summed E-state index contributed by atoms with van der Waals surface area (Å²) in [5, 5.41) is 15.5. The highest BCUT2D eigenvalue weighted by atomic mass is 16.3. The minimum atomic E-state index is -0.932. The number of carbonyl (C=O) groups excluding carboxylic acids is 2. The Labute approximate surface area is 132 Å². The summed E-state index contributed by atoms with van der Waals surface area (Å²) in [7, 11) is 1.54. The van der Waals surface area contributed by atoms with Gasteiger partial charge in [-0.2, -0.15) is 0 Å². The van der Waals surface area contributed by atoms with E-state index in [0.717, 1.165) is 6.42 Å². The van der Waals surface area contributed by atoms with E-state index >= 15 is 0 Å². The van der Waals surface area contributed by atoms with Crippen LogP contribution >= 0.6 is 0 Å². The Bertz CT molecular complexity index is 524. The van der Waals surface area contributed by atoms with Crippen LogP contribution in [0.2, 0.25) is 0 Å². The Kier molecular flexibility index (Phi) is 6.56. The SMILES string of the molecule is CNC(=O)c1cccc(C(=O)NCC(C)(O)CCC(C)C)c1. The van der Waals surface area contributed by atoms with Gasteiger partial charge < -0.3 is 15.7 Å². The van der Waals surface area contributed by atoms with Gasteiger partial charge in [0.05, 0.1) is 5.60 Å². The van der Waals surface area contributed by atoms with Gasteiger partial charge in [-0.25, -0.2) is 0 Å². The topological polar surface area (TPSA) is 78.4 Å². The van der Waals surface area contributed by atoms with Gasteiger partial charge in [-0.3, -0.25) is 9.59 Å². The number of carbonyl (C=O) groups is 2.